The van der Waals surface area contributed by atoms with E-state index in [9.17, 15) is 13.2 Å². The number of anilines is 1. The molecule has 0 amide bonds. The summed E-state index contributed by atoms with van der Waals surface area (Å²) in [6, 6.07) is 7.86. The van der Waals surface area contributed by atoms with Crippen molar-refractivity contribution < 1.29 is 13.2 Å². The lowest BCUT2D eigenvalue weighted by Gasteiger charge is -2.32. The van der Waals surface area contributed by atoms with Crippen LogP contribution in [0.1, 0.15) is 24.8 Å². The van der Waals surface area contributed by atoms with Crippen molar-refractivity contribution in [2.75, 3.05) is 31.5 Å². The first kappa shape index (κ1) is 22.0. The third-order valence-electron chi connectivity index (χ3n) is 4.22. The number of hydrogen-bond donors (Lipinski definition) is 2. The first-order valence-corrected chi connectivity index (χ1v) is 8.24. The Morgan fingerprint density at radius 3 is 2.60 bits per heavy atom. The number of rotatable bonds is 5. The van der Waals surface area contributed by atoms with Crippen molar-refractivity contribution in [3.8, 4) is 0 Å². The van der Waals surface area contributed by atoms with E-state index in [0.717, 1.165) is 30.5 Å². The molecule has 1 aromatic rings. The van der Waals surface area contributed by atoms with Gasteiger partial charge in [0.25, 0.3) is 0 Å². The molecule has 142 valence electrons. The average Bonchev–Trinajstić information content (AvgIpc) is 2.47. The molecule has 8 heteroatoms. The fourth-order valence-corrected chi connectivity index (χ4v) is 2.96. The molecule has 1 saturated heterocycles. The number of benzene rings is 1. The van der Waals surface area contributed by atoms with Crippen LogP contribution in [0.5, 0.6) is 0 Å². The van der Waals surface area contributed by atoms with Crippen LogP contribution in [0.25, 0.3) is 0 Å². The van der Waals surface area contributed by atoms with E-state index in [4.69, 9.17) is 5.73 Å². The molecule has 0 aromatic heterocycles. The number of nitrogens with zero attached hydrogens (tertiary/aromatic N) is 2. The third kappa shape index (κ3) is 8.75. The zero-order valence-corrected chi connectivity index (χ0v) is 16.7. The standard InChI is InChI=1S/C17H25F3N4.HI/c1-13-3-2-4-15(11-13)23-16(21)22-8-5-14-6-9-24(10-7-14)12-17(18,19)20;/h2-4,11,14H,5-10,12H2,1H3,(H3,21,22,23);1H. The van der Waals surface area contributed by atoms with Crippen molar-refractivity contribution in [3.05, 3.63) is 29.8 Å². The summed E-state index contributed by atoms with van der Waals surface area (Å²) in [5.41, 5.74) is 7.91. The topological polar surface area (TPSA) is 53.6 Å². The lowest BCUT2D eigenvalue weighted by molar-refractivity contribution is -0.148. The van der Waals surface area contributed by atoms with Gasteiger partial charge in [-0.1, -0.05) is 12.1 Å². The molecule has 0 atom stereocenters. The zero-order valence-electron chi connectivity index (χ0n) is 14.4. The second kappa shape index (κ2) is 10.2. The Bertz CT molecular complexity index is 555. The van der Waals surface area contributed by atoms with Gasteiger partial charge in [-0.05, 0) is 62.9 Å². The van der Waals surface area contributed by atoms with Gasteiger partial charge < -0.3 is 11.1 Å². The molecule has 0 unspecified atom stereocenters. The smallest absolute Gasteiger partial charge is 0.370 e. The molecule has 0 aliphatic carbocycles. The van der Waals surface area contributed by atoms with Crippen LogP contribution in [0.4, 0.5) is 18.9 Å². The number of hydrogen-bond acceptors (Lipinski definition) is 2. The molecule has 1 aliphatic rings. The van der Waals surface area contributed by atoms with Gasteiger partial charge >= 0.3 is 6.18 Å². The van der Waals surface area contributed by atoms with Gasteiger partial charge in [0, 0.05) is 12.2 Å². The molecule has 2 rings (SSSR count). The van der Waals surface area contributed by atoms with Gasteiger partial charge in [-0.15, -0.1) is 24.0 Å². The maximum absolute atomic E-state index is 12.4. The van der Waals surface area contributed by atoms with Crippen molar-refractivity contribution in [2.45, 2.75) is 32.4 Å². The van der Waals surface area contributed by atoms with Crippen LogP contribution in [0.2, 0.25) is 0 Å². The highest BCUT2D eigenvalue weighted by atomic mass is 127. The van der Waals surface area contributed by atoms with Crippen LogP contribution in [0.3, 0.4) is 0 Å². The van der Waals surface area contributed by atoms with Gasteiger partial charge in [0.2, 0.25) is 0 Å². The van der Waals surface area contributed by atoms with Crippen molar-refractivity contribution in [2.24, 2.45) is 16.6 Å². The Morgan fingerprint density at radius 2 is 2.00 bits per heavy atom. The molecule has 0 spiro atoms. The number of guanidine groups is 1. The summed E-state index contributed by atoms with van der Waals surface area (Å²) in [5, 5.41) is 3.05. The predicted molar refractivity (Wildman–Crippen MR) is 107 cm³/mol. The highest BCUT2D eigenvalue weighted by Gasteiger charge is 2.32. The number of likely N-dealkylation sites (tertiary alicyclic amines) is 1. The van der Waals surface area contributed by atoms with Gasteiger partial charge in [-0.25, -0.2) is 0 Å². The molecule has 0 radical (unpaired) electrons. The normalized spacial score (nSPS) is 17.2. The van der Waals surface area contributed by atoms with Crippen LogP contribution in [-0.4, -0.2) is 43.2 Å². The number of aryl methyl sites for hydroxylation is 1. The molecular formula is C17H26F3IN4. The van der Waals surface area contributed by atoms with Crippen LogP contribution in [0.15, 0.2) is 29.3 Å². The van der Waals surface area contributed by atoms with Crippen LogP contribution < -0.4 is 11.1 Å². The number of halogens is 4. The summed E-state index contributed by atoms with van der Waals surface area (Å²) >= 11 is 0. The van der Waals surface area contributed by atoms with E-state index >= 15 is 0 Å². The minimum Gasteiger partial charge on any atom is -0.370 e. The van der Waals surface area contributed by atoms with E-state index < -0.39 is 12.7 Å². The van der Waals surface area contributed by atoms with E-state index in [2.05, 4.69) is 10.3 Å². The summed E-state index contributed by atoms with van der Waals surface area (Å²) in [4.78, 5) is 5.79. The fourth-order valence-electron chi connectivity index (χ4n) is 2.96. The Morgan fingerprint density at radius 1 is 1.32 bits per heavy atom. The monoisotopic (exact) mass is 470 g/mol. The summed E-state index contributed by atoms with van der Waals surface area (Å²) in [6.45, 7) is 2.80. The maximum atomic E-state index is 12.4. The lowest BCUT2D eigenvalue weighted by atomic mass is 9.93. The van der Waals surface area contributed by atoms with Crippen molar-refractivity contribution >= 4 is 35.6 Å². The largest absolute Gasteiger partial charge is 0.401 e. The highest BCUT2D eigenvalue weighted by Crippen LogP contribution is 2.24. The SMILES string of the molecule is Cc1cccc(NC(N)=NCCC2CCN(CC(F)(F)F)CC2)c1.I. The highest BCUT2D eigenvalue weighted by molar-refractivity contribution is 14.0. The molecule has 1 fully saturated rings. The van der Waals surface area contributed by atoms with Crippen molar-refractivity contribution in [1.29, 1.82) is 0 Å². The Balaban J connectivity index is 0.00000312. The maximum Gasteiger partial charge on any atom is 0.401 e. The number of piperidine rings is 1. The minimum absolute atomic E-state index is 0. The van der Waals surface area contributed by atoms with Crippen LogP contribution in [0, 0.1) is 12.8 Å². The van der Waals surface area contributed by atoms with Crippen LogP contribution in [-0.2, 0) is 0 Å². The Labute approximate surface area is 164 Å². The second-order valence-electron chi connectivity index (χ2n) is 6.38. The lowest BCUT2D eigenvalue weighted by Crippen LogP contribution is -2.40. The number of nitrogens with one attached hydrogen (secondary N) is 1. The molecule has 1 heterocycles. The number of nitrogens with two attached hydrogens (primary N) is 1. The van der Waals surface area contributed by atoms with Crippen molar-refractivity contribution in [3.63, 3.8) is 0 Å². The first-order chi connectivity index (χ1) is 11.3. The quantitative estimate of drug-likeness (QED) is 0.389. The first-order valence-electron chi connectivity index (χ1n) is 8.24. The molecule has 0 bridgehead atoms. The average molecular weight is 470 g/mol. The molecule has 0 saturated carbocycles. The predicted octanol–water partition coefficient (Wildman–Crippen LogP) is 4.00. The van der Waals surface area contributed by atoms with E-state index in [0.29, 0.717) is 31.5 Å². The molecule has 3 N–H and O–H groups in total. The van der Waals surface area contributed by atoms with Gasteiger partial charge in [0.15, 0.2) is 5.96 Å². The van der Waals surface area contributed by atoms with Crippen molar-refractivity contribution in [1.82, 2.24) is 4.90 Å². The molecular weight excluding hydrogens is 444 g/mol. The van der Waals surface area contributed by atoms with Crippen LogP contribution >= 0.6 is 24.0 Å². The third-order valence-corrected chi connectivity index (χ3v) is 4.22. The van der Waals surface area contributed by atoms with E-state index in [1.54, 1.807) is 0 Å². The molecule has 1 aromatic carbocycles. The second-order valence-corrected chi connectivity index (χ2v) is 6.38. The summed E-state index contributed by atoms with van der Waals surface area (Å²) < 4.78 is 37.1. The summed E-state index contributed by atoms with van der Waals surface area (Å²) in [6.07, 6.45) is -1.67. The van der Waals surface area contributed by atoms with E-state index in [1.807, 2.05) is 31.2 Å². The van der Waals surface area contributed by atoms with Gasteiger partial charge in [-0.2, -0.15) is 13.2 Å². The fraction of sp³-hybridized carbons (Fsp3) is 0.588. The molecule has 4 nitrogen and oxygen atoms in total. The summed E-state index contributed by atoms with van der Waals surface area (Å²) in [7, 11) is 0. The molecule has 1 aliphatic heterocycles. The minimum atomic E-state index is -4.10. The van der Waals surface area contributed by atoms with Gasteiger partial charge in [0.1, 0.15) is 0 Å². The Kier molecular flexibility index (Phi) is 8.98. The van der Waals surface area contributed by atoms with E-state index in [1.165, 1.54) is 4.90 Å². The van der Waals surface area contributed by atoms with Gasteiger partial charge in [0.05, 0.1) is 6.54 Å². The Hall–Kier alpha value is -1.03. The van der Waals surface area contributed by atoms with E-state index in [-0.39, 0.29) is 24.0 Å². The zero-order chi connectivity index (χ0) is 17.6. The molecule has 25 heavy (non-hydrogen) atoms. The summed E-state index contributed by atoms with van der Waals surface area (Å²) in [5.74, 6) is 0.792. The number of aliphatic imine (C=N–C) groups is 1. The van der Waals surface area contributed by atoms with Gasteiger partial charge in [-0.3, -0.25) is 9.89 Å². The number of alkyl halides is 3.